The zero-order valence-electron chi connectivity index (χ0n) is 12.0. The van der Waals surface area contributed by atoms with Gasteiger partial charge in [-0.2, -0.15) is 0 Å². The van der Waals surface area contributed by atoms with Crippen molar-refractivity contribution in [2.45, 2.75) is 38.7 Å². The molecule has 5 heteroatoms. The van der Waals surface area contributed by atoms with Gasteiger partial charge in [-0.15, -0.1) is 0 Å². The molecule has 1 aliphatic rings. The van der Waals surface area contributed by atoms with Crippen LogP contribution >= 0.6 is 0 Å². The van der Waals surface area contributed by atoms with Crippen LogP contribution in [0.3, 0.4) is 0 Å². The Morgan fingerprint density at radius 2 is 1.90 bits per heavy atom. The van der Waals surface area contributed by atoms with Crippen LogP contribution in [0.5, 0.6) is 5.75 Å². The van der Waals surface area contributed by atoms with Crippen molar-refractivity contribution in [3.63, 3.8) is 0 Å². The monoisotopic (exact) mass is 278 g/mol. The minimum atomic E-state index is -1.43. The van der Waals surface area contributed by atoms with Crippen LogP contribution in [0.1, 0.15) is 32.6 Å². The molecule has 0 spiro atoms. The summed E-state index contributed by atoms with van der Waals surface area (Å²) in [7, 11) is -1.43. The second kappa shape index (κ2) is 7.67. The minimum absolute atomic E-state index is 0.384. The molecule has 2 atom stereocenters. The number of hydrogen-bond donors (Lipinski definition) is 2. The lowest BCUT2D eigenvalue weighted by Crippen LogP contribution is -2.29. The van der Waals surface area contributed by atoms with Crippen LogP contribution in [0.25, 0.3) is 0 Å². The van der Waals surface area contributed by atoms with Crippen molar-refractivity contribution < 1.29 is 19.5 Å². The highest BCUT2D eigenvalue weighted by Gasteiger charge is 2.18. The van der Waals surface area contributed by atoms with E-state index in [1.807, 2.05) is 0 Å². The van der Waals surface area contributed by atoms with Gasteiger partial charge in [-0.1, -0.05) is 31.9 Å². The summed E-state index contributed by atoms with van der Waals surface area (Å²) in [5, 5.41) is 18.0. The molecule has 1 aromatic rings. The van der Waals surface area contributed by atoms with E-state index in [1.54, 1.807) is 24.3 Å². The molecule has 0 aliphatic heterocycles. The Labute approximate surface area is 120 Å². The third-order valence-electron chi connectivity index (χ3n) is 3.77. The summed E-state index contributed by atoms with van der Waals surface area (Å²) in [6.45, 7) is 3.40. The molecule has 1 aliphatic carbocycles. The van der Waals surface area contributed by atoms with Gasteiger partial charge in [-0.05, 0) is 36.4 Å². The Morgan fingerprint density at radius 1 is 1.15 bits per heavy atom. The molecule has 0 aromatic heterocycles. The standard InChI is InChI=1S/C15H23BO4/c1-12-3-2-4-15(11-12)20-10-9-19-14-7-5-13(6-8-14)16(17)18/h5-8,12,15,17-18H,2-4,9-11H2,1H3. The molecule has 1 fully saturated rings. The SMILES string of the molecule is CC1CCCC(OCCOc2ccc(B(O)O)cc2)C1. The average molecular weight is 278 g/mol. The number of rotatable bonds is 6. The normalized spacial score (nSPS) is 22.6. The maximum atomic E-state index is 8.99. The van der Waals surface area contributed by atoms with Crippen LogP contribution in [0.4, 0.5) is 0 Å². The van der Waals surface area contributed by atoms with Crippen molar-refractivity contribution >= 4 is 12.6 Å². The molecule has 2 unspecified atom stereocenters. The molecule has 2 rings (SSSR count). The molecular formula is C15H23BO4. The summed E-state index contributed by atoms with van der Waals surface area (Å²) < 4.78 is 11.4. The topological polar surface area (TPSA) is 58.9 Å². The van der Waals surface area contributed by atoms with Gasteiger partial charge < -0.3 is 19.5 Å². The first kappa shape index (κ1) is 15.4. The van der Waals surface area contributed by atoms with E-state index in [2.05, 4.69) is 6.92 Å². The van der Waals surface area contributed by atoms with Gasteiger partial charge in [0.2, 0.25) is 0 Å². The van der Waals surface area contributed by atoms with Crippen LogP contribution in [-0.2, 0) is 4.74 Å². The van der Waals surface area contributed by atoms with Gasteiger partial charge in [0.05, 0.1) is 12.7 Å². The van der Waals surface area contributed by atoms with Gasteiger partial charge in [0.1, 0.15) is 12.4 Å². The third-order valence-corrected chi connectivity index (χ3v) is 3.77. The fourth-order valence-electron chi connectivity index (χ4n) is 2.64. The largest absolute Gasteiger partial charge is 0.491 e. The van der Waals surface area contributed by atoms with Crippen molar-refractivity contribution in [3.8, 4) is 5.75 Å². The van der Waals surface area contributed by atoms with Crippen molar-refractivity contribution in [1.29, 1.82) is 0 Å². The molecule has 2 N–H and O–H groups in total. The Balaban J connectivity index is 1.65. The first-order valence-corrected chi connectivity index (χ1v) is 7.35. The highest BCUT2D eigenvalue weighted by Crippen LogP contribution is 2.25. The molecule has 1 saturated carbocycles. The van der Waals surface area contributed by atoms with E-state index in [4.69, 9.17) is 19.5 Å². The van der Waals surface area contributed by atoms with Gasteiger partial charge in [-0.3, -0.25) is 0 Å². The molecule has 110 valence electrons. The molecule has 0 bridgehead atoms. The molecule has 0 amide bonds. The lowest BCUT2D eigenvalue weighted by Gasteiger charge is -2.26. The van der Waals surface area contributed by atoms with Crippen LogP contribution in [-0.4, -0.2) is 36.5 Å². The Bertz CT molecular complexity index is 393. The van der Waals surface area contributed by atoms with E-state index >= 15 is 0 Å². The molecule has 4 nitrogen and oxygen atoms in total. The van der Waals surface area contributed by atoms with E-state index in [0.717, 1.165) is 24.5 Å². The smallest absolute Gasteiger partial charge is 0.488 e. The summed E-state index contributed by atoms with van der Waals surface area (Å²) in [5.74, 6) is 1.49. The summed E-state index contributed by atoms with van der Waals surface area (Å²) in [6.07, 6.45) is 5.28. The van der Waals surface area contributed by atoms with Crippen molar-refractivity contribution in [1.82, 2.24) is 0 Å². The van der Waals surface area contributed by atoms with Gasteiger partial charge >= 0.3 is 7.12 Å². The van der Waals surface area contributed by atoms with Gasteiger partial charge in [0.25, 0.3) is 0 Å². The molecular weight excluding hydrogens is 255 g/mol. The first-order valence-electron chi connectivity index (χ1n) is 7.35. The quantitative estimate of drug-likeness (QED) is 0.609. The number of ether oxygens (including phenoxy) is 2. The van der Waals surface area contributed by atoms with Crippen LogP contribution in [0, 0.1) is 5.92 Å². The van der Waals surface area contributed by atoms with Gasteiger partial charge in [-0.25, -0.2) is 0 Å². The minimum Gasteiger partial charge on any atom is -0.491 e. The van der Waals surface area contributed by atoms with Crippen LogP contribution in [0.2, 0.25) is 0 Å². The fourth-order valence-corrected chi connectivity index (χ4v) is 2.64. The predicted octanol–water partition coefficient (Wildman–Crippen LogP) is 1.34. The van der Waals surface area contributed by atoms with E-state index in [-0.39, 0.29) is 0 Å². The summed E-state index contributed by atoms with van der Waals surface area (Å²) in [4.78, 5) is 0. The highest BCUT2D eigenvalue weighted by molar-refractivity contribution is 6.58. The first-order chi connectivity index (χ1) is 9.65. The Kier molecular flexibility index (Phi) is 5.89. The van der Waals surface area contributed by atoms with Crippen molar-refractivity contribution in [2.75, 3.05) is 13.2 Å². The molecule has 0 radical (unpaired) electrons. The van der Waals surface area contributed by atoms with E-state index in [9.17, 15) is 0 Å². The maximum absolute atomic E-state index is 8.99. The highest BCUT2D eigenvalue weighted by atomic mass is 16.5. The van der Waals surface area contributed by atoms with Crippen molar-refractivity contribution in [2.24, 2.45) is 5.92 Å². The number of hydrogen-bond acceptors (Lipinski definition) is 4. The van der Waals surface area contributed by atoms with Crippen molar-refractivity contribution in [3.05, 3.63) is 24.3 Å². The van der Waals surface area contributed by atoms with Gasteiger partial charge in [0.15, 0.2) is 0 Å². The average Bonchev–Trinajstić information content (AvgIpc) is 2.44. The predicted molar refractivity (Wildman–Crippen MR) is 79.1 cm³/mol. The third kappa shape index (κ3) is 4.82. The maximum Gasteiger partial charge on any atom is 0.488 e. The Morgan fingerprint density at radius 3 is 2.55 bits per heavy atom. The zero-order chi connectivity index (χ0) is 14.4. The second-order valence-electron chi connectivity index (χ2n) is 5.56. The summed E-state index contributed by atoms with van der Waals surface area (Å²) in [6, 6.07) is 6.75. The fraction of sp³-hybridized carbons (Fsp3) is 0.600. The number of benzene rings is 1. The van der Waals surface area contributed by atoms with Gasteiger partial charge in [0, 0.05) is 0 Å². The summed E-state index contributed by atoms with van der Waals surface area (Å²) in [5.41, 5.74) is 0.463. The van der Waals surface area contributed by atoms with E-state index in [0.29, 0.717) is 24.8 Å². The van der Waals surface area contributed by atoms with Crippen LogP contribution in [0.15, 0.2) is 24.3 Å². The lowest BCUT2D eigenvalue weighted by molar-refractivity contribution is 0.00197. The molecule has 1 aromatic carbocycles. The zero-order valence-corrected chi connectivity index (χ0v) is 12.0. The van der Waals surface area contributed by atoms with Crippen LogP contribution < -0.4 is 10.2 Å². The summed E-state index contributed by atoms with van der Waals surface area (Å²) >= 11 is 0. The molecule has 0 saturated heterocycles. The molecule has 0 heterocycles. The van der Waals surface area contributed by atoms with E-state index < -0.39 is 7.12 Å². The Hall–Kier alpha value is -1.04. The second-order valence-corrected chi connectivity index (χ2v) is 5.56. The lowest BCUT2D eigenvalue weighted by atomic mass is 9.80. The van der Waals surface area contributed by atoms with E-state index in [1.165, 1.54) is 12.8 Å². The molecule has 20 heavy (non-hydrogen) atoms.